The monoisotopic (exact) mass is 480 g/mol. The van der Waals surface area contributed by atoms with Crippen LogP contribution in [0.2, 0.25) is 5.02 Å². The number of alkyl halides is 1. The van der Waals surface area contributed by atoms with E-state index >= 15 is 0 Å². The molecule has 20 heavy (non-hydrogen) atoms. The third-order valence-electron chi connectivity index (χ3n) is 2.78. The maximum absolute atomic E-state index is 6.33. The van der Waals surface area contributed by atoms with Gasteiger partial charge in [-0.15, -0.1) is 0 Å². The minimum atomic E-state index is -0.0258. The summed E-state index contributed by atoms with van der Waals surface area (Å²) in [5.74, 6) is 0.858. The first-order valence-corrected chi connectivity index (χ1v) is 8.92. The Labute approximate surface area is 149 Å². The molecule has 0 saturated carbocycles. The summed E-state index contributed by atoms with van der Waals surface area (Å²) in [6, 6.07) is 11.9. The van der Waals surface area contributed by atoms with Crippen LogP contribution in [0.25, 0.3) is 0 Å². The SMILES string of the molecule is CCOc1ccc(Br)cc1C(Br)c1ccc(Br)cc1Cl. The lowest BCUT2D eigenvalue weighted by Gasteiger charge is -2.17. The fourth-order valence-corrected chi connectivity index (χ4v) is 3.93. The largest absolute Gasteiger partial charge is 0.494 e. The van der Waals surface area contributed by atoms with Crippen LogP contribution in [0.15, 0.2) is 45.3 Å². The summed E-state index contributed by atoms with van der Waals surface area (Å²) in [6.45, 7) is 2.60. The highest BCUT2D eigenvalue weighted by molar-refractivity contribution is 9.10. The molecule has 0 aliphatic rings. The summed E-state index contributed by atoms with van der Waals surface area (Å²) < 4.78 is 7.67. The van der Waals surface area contributed by atoms with Gasteiger partial charge in [0.2, 0.25) is 0 Å². The molecule has 106 valence electrons. The summed E-state index contributed by atoms with van der Waals surface area (Å²) in [4.78, 5) is -0.0258. The molecule has 0 aliphatic carbocycles. The fourth-order valence-electron chi connectivity index (χ4n) is 1.88. The average Bonchev–Trinajstić information content (AvgIpc) is 2.40. The highest BCUT2D eigenvalue weighted by atomic mass is 79.9. The van der Waals surface area contributed by atoms with Crippen molar-refractivity contribution in [3.8, 4) is 5.75 Å². The van der Waals surface area contributed by atoms with Gasteiger partial charge in [0, 0.05) is 19.5 Å². The Balaban J connectivity index is 2.46. The molecule has 0 heterocycles. The first kappa shape index (κ1) is 16.3. The highest BCUT2D eigenvalue weighted by Gasteiger charge is 2.18. The lowest BCUT2D eigenvalue weighted by atomic mass is 10.0. The average molecular weight is 483 g/mol. The van der Waals surface area contributed by atoms with Gasteiger partial charge in [0.05, 0.1) is 11.4 Å². The smallest absolute Gasteiger partial charge is 0.124 e. The summed E-state index contributed by atoms with van der Waals surface area (Å²) in [7, 11) is 0. The maximum atomic E-state index is 6.33. The van der Waals surface area contributed by atoms with Gasteiger partial charge in [-0.2, -0.15) is 0 Å². The molecule has 0 aromatic heterocycles. The fraction of sp³-hybridized carbons (Fsp3) is 0.200. The van der Waals surface area contributed by atoms with Crippen molar-refractivity contribution >= 4 is 59.4 Å². The molecule has 0 N–H and O–H groups in total. The number of rotatable bonds is 4. The molecular formula is C15H12Br3ClO. The molecule has 0 fully saturated rings. The molecular weight excluding hydrogens is 471 g/mol. The van der Waals surface area contributed by atoms with E-state index in [4.69, 9.17) is 16.3 Å². The summed E-state index contributed by atoms with van der Waals surface area (Å²) in [5.41, 5.74) is 2.05. The molecule has 0 saturated heterocycles. The standard InChI is InChI=1S/C15H12Br3ClO/c1-2-20-14-6-4-9(16)7-12(14)15(18)11-5-3-10(17)8-13(11)19/h3-8,15H,2H2,1H3. The normalized spacial score (nSPS) is 12.2. The Hall–Kier alpha value is -0.0300. The molecule has 1 nitrogen and oxygen atoms in total. The highest BCUT2D eigenvalue weighted by Crippen LogP contribution is 2.41. The number of benzene rings is 2. The van der Waals surface area contributed by atoms with Crippen molar-refractivity contribution in [3.05, 3.63) is 61.5 Å². The van der Waals surface area contributed by atoms with Gasteiger partial charge in [0.1, 0.15) is 5.75 Å². The van der Waals surface area contributed by atoms with E-state index in [2.05, 4.69) is 47.8 Å². The molecule has 0 spiro atoms. The van der Waals surface area contributed by atoms with Crippen LogP contribution in [0.5, 0.6) is 5.75 Å². The zero-order valence-corrected chi connectivity index (χ0v) is 16.2. The van der Waals surface area contributed by atoms with Crippen molar-refractivity contribution in [3.63, 3.8) is 0 Å². The summed E-state index contributed by atoms with van der Waals surface area (Å²) in [5, 5.41) is 0.712. The van der Waals surface area contributed by atoms with E-state index in [1.165, 1.54) is 0 Å². The third kappa shape index (κ3) is 3.79. The maximum Gasteiger partial charge on any atom is 0.124 e. The van der Waals surface area contributed by atoms with Crippen LogP contribution < -0.4 is 4.74 Å². The van der Waals surface area contributed by atoms with E-state index in [-0.39, 0.29) is 4.83 Å². The molecule has 2 aromatic carbocycles. The zero-order valence-electron chi connectivity index (χ0n) is 10.7. The van der Waals surface area contributed by atoms with Crippen LogP contribution in [-0.2, 0) is 0 Å². The predicted octanol–water partition coefficient (Wildman–Crippen LogP) is 6.75. The molecule has 2 aromatic rings. The van der Waals surface area contributed by atoms with Crippen LogP contribution in [0.3, 0.4) is 0 Å². The Kier molecular flexibility index (Phi) is 5.96. The van der Waals surface area contributed by atoms with Gasteiger partial charge in [-0.25, -0.2) is 0 Å². The number of ether oxygens (including phenoxy) is 1. The number of hydrogen-bond acceptors (Lipinski definition) is 1. The van der Waals surface area contributed by atoms with Gasteiger partial charge in [-0.1, -0.05) is 65.5 Å². The van der Waals surface area contributed by atoms with Crippen molar-refractivity contribution in [2.45, 2.75) is 11.8 Å². The van der Waals surface area contributed by atoms with Crippen LogP contribution in [-0.4, -0.2) is 6.61 Å². The van der Waals surface area contributed by atoms with Gasteiger partial charge in [-0.05, 0) is 42.8 Å². The van der Waals surface area contributed by atoms with E-state index < -0.39 is 0 Å². The first-order valence-electron chi connectivity index (χ1n) is 6.04. The molecule has 0 bridgehead atoms. The number of halogens is 4. The van der Waals surface area contributed by atoms with Gasteiger partial charge in [0.25, 0.3) is 0 Å². The lowest BCUT2D eigenvalue weighted by molar-refractivity contribution is 0.337. The molecule has 0 radical (unpaired) electrons. The van der Waals surface area contributed by atoms with Crippen LogP contribution in [0.1, 0.15) is 22.9 Å². The van der Waals surface area contributed by atoms with Gasteiger partial charge < -0.3 is 4.74 Å². The molecule has 1 unspecified atom stereocenters. The third-order valence-corrected chi connectivity index (χ3v) is 5.08. The van der Waals surface area contributed by atoms with Crippen LogP contribution >= 0.6 is 59.4 Å². The molecule has 0 amide bonds. The Morgan fingerprint density at radius 2 is 1.70 bits per heavy atom. The minimum absolute atomic E-state index is 0.0258. The number of hydrogen-bond donors (Lipinski definition) is 0. The van der Waals surface area contributed by atoms with Crippen LogP contribution in [0, 0.1) is 0 Å². The summed E-state index contributed by atoms with van der Waals surface area (Å²) >= 11 is 17.0. The molecule has 1 atom stereocenters. The molecule has 0 aliphatic heterocycles. The van der Waals surface area contributed by atoms with E-state index in [9.17, 15) is 0 Å². The van der Waals surface area contributed by atoms with Crippen molar-refractivity contribution in [2.75, 3.05) is 6.61 Å². The van der Waals surface area contributed by atoms with Crippen LogP contribution in [0.4, 0.5) is 0 Å². The second kappa shape index (κ2) is 7.30. The first-order chi connectivity index (χ1) is 9.52. The van der Waals surface area contributed by atoms with Gasteiger partial charge in [0.15, 0.2) is 0 Å². The zero-order chi connectivity index (χ0) is 14.7. The van der Waals surface area contributed by atoms with Crippen molar-refractivity contribution < 1.29 is 4.74 Å². The molecule has 2 rings (SSSR count). The topological polar surface area (TPSA) is 9.23 Å². The summed E-state index contributed by atoms with van der Waals surface area (Å²) in [6.07, 6.45) is 0. The predicted molar refractivity (Wildman–Crippen MR) is 95.2 cm³/mol. The van der Waals surface area contributed by atoms with E-state index in [1.54, 1.807) is 0 Å². The Morgan fingerprint density at radius 1 is 1.05 bits per heavy atom. The quantitative estimate of drug-likeness (QED) is 0.438. The van der Waals surface area contributed by atoms with E-state index in [1.807, 2.05) is 43.3 Å². The lowest BCUT2D eigenvalue weighted by Crippen LogP contribution is -2.00. The second-order valence-electron chi connectivity index (χ2n) is 4.14. The van der Waals surface area contributed by atoms with Gasteiger partial charge in [-0.3, -0.25) is 0 Å². The van der Waals surface area contributed by atoms with E-state index in [0.29, 0.717) is 11.6 Å². The second-order valence-corrected chi connectivity index (χ2v) is 7.30. The Morgan fingerprint density at radius 3 is 2.35 bits per heavy atom. The Bertz CT molecular complexity index is 616. The van der Waals surface area contributed by atoms with Gasteiger partial charge >= 0.3 is 0 Å². The van der Waals surface area contributed by atoms with E-state index in [0.717, 1.165) is 25.8 Å². The minimum Gasteiger partial charge on any atom is -0.494 e. The van der Waals surface area contributed by atoms with Crippen molar-refractivity contribution in [1.29, 1.82) is 0 Å². The van der Waals surface area contributed by atoms with Crippen molar-refractivity contribution in [1.82, 2.24) is 0 Å². The molecule has 5 heteroatoms. The van der Waals surface area contributed by atoms with Crippen molar-refractivity contribution in [2.24, 2.45) is 0 Å².